The number of nitrogens with zero attached hydrogens (tertiary/aromatic N) is 3. The van der Waals surface area contributed by atoms with Gasteiger partial charge in [-0.25, -0.2) is 4.39 Å². The number of aliphatic carboxylic acids is 1. The van der Waals surface area contributed by atoms with Crippen LogP contribution in [-0.4, -0.2) is 32.9 Å². The van der Waals surface area contributed by atoms with Crippen LogP contribution in [0.15, 0.2) is 51.4 Å². The first kappa shape index (κ1) is 24.5. The first-order valence-corrected chi connectivity index (χ1v) is 12.0. The highest BCUT2D eigenvalue weighted by Gasteiger charge is 2.27. The quantitative estimate of drug-likeness (QED) is 0.504. The normalized spacial score (nSPS) is 21.4. The Balaban J connectivity index is 1.41. The maximum atomic E-state index is 14.7. The second-order valence-electron chi connectivity index (χ2n) is 9.00. The molecule has 1 aromatic heterocycles. The van der Waals surface area contributed by atoms with Crippen molar-refractivity contribution in [3.63, 3.8) is 0 Å². The van der Waals surface area contributed by atoms with Gasteiger partial charge in [-0.3, -0.25) is 9.59 Å². The van der Waals surface area contributed by atoms with E-state index >= 15 is 0 Å². The van der Waals surface area contributed by atoms with Crippen molar-refractivity contribution in [3.8, 4) is 0 Å². The molecule has 0 saturated heterocycles. The SMILES string of the molecule is CCCC1=CC(=Nc2nnc(C(=O)Nc3ccc(C4CCC(C(=O)O)CC4)cc3F)o2)C=CCC1. The topological polar surface area (TPSA) is 118 Å². The Bertz CT molecular complexity index is 1180. The molecule has 4 rings (SSSR count). The van der Waals surface area contributed by atoms with Crippen molar-refractivity contribution >= 4 is 29.3 Å². The minimum atomic E-state index is -0.772. The van der Waals surface area contributed by atoms with Crippen molar-refractivity contribution < 1.29 is 23.5 Å². The summed E-state index contributed by atoms with van der Waals surface area (Å²) >= 11 is 0. The van der Waals surface area contributed by atoms with E-state index in [1.807, 2.05) is 18.2 Å². The maximum absolute atomic E-state index is 14.7. The highest BCUT2D eigenvalue weighted by Crippen LogP contribution is 2.36. The second kappa shape index (κ2) is 11.2. The Hall–Kier alpha value is -3.62. The van der Waals surface area contributed by atoms with Gasteiger partial charge < -0.3 is 14.8 Å². The molecule has 35 heavy (non-hydrogen) atoms. The van der Waals surface area contributed by atoms with Crippen LogP contribution in [0.25, 0.3) is 0 Å². The molecule has 1 heterocycles. The van der Waals surface area contributed by atoms with Crippen molar-refractivity contribution in [2.24, 2.45) is 10.9 Å². The zero-order valence-corrected chi connectivity index (χ0v) is 19.7. The summed E-state index contributed by atoms with van der Waals surface area (Å²) < 4.78 is 20.1. The molecule has 9 heteroatoms. The van der Waals surface area contributed by atoms with E-state index in [9.17, 15) is 14.0 Å². The van der Waals surface area contributed by atoms with Crippen LogP contribution >= 0.6 is 0 Å². The zero-order chi connectivity index (χ0) is 24.8. The van der Waals surface area contributed by atoms with Crippen molar-refractivity contribution in [2.75, 3.05) is 5.32 Å². The summed E-state index contributed by atoms with van der Waals surface area (Å²) in [5, 5.41) is 19.2. The highest BCUT2D eigenvalue weighted by atomic mass is 19.1. The van der Waals surface area contributed by atoms with E-state index < -0.39 is 17.7 Å². The smallest absolute Gasteiger partial charge is 0.343 e. The summed E-state index contributed by atoms with van der Waals surface area (Å²) in [6, 6.07) is 4.61. The Morgan fingerprint density at radius 1 is 1.23 bits per heavy atom. The van der Waals surface area contributed by atoms with Gasteiger partial charge in [0.1, 0.15) is 5.82 Å². The first-order valence-electron chi connectivity index (χ1n) is 12.0. The van der Waals surface area contributed by atoms with E-state index in [-0.39, 0.29) is 29.4 Å². The van der Waals surface area contributed by atoms with Crippen LogP contribution in [0.2, 0.25) is 0 Å². The number of rotatable bonds is 7. The maximum Gasteiger partial charge on any atom is 0.343 e. The van der Waals surface area contributed by atoms with E-state index in [0.717, 1.165) is 31.2 Å². The molecule has 2 N–H and O–H groups in total. The first-order chi connectivity index (χ1) is 16.9. The molecule has 1 amide bonds. The van der Waals surface area contributed by atoms with E-state index in [4.69, 9.17) is 9.52 Å². The molecule has 1 fully saturated rings. The van der Waals surface area contributed by atoms with E-state index in [2.05, 4.69) is 27.4 Å². The monoisotopic (exact) mass is 480 g/mol. The minimum absolute atomic E-state index is 0.00266. The van der Waals surface area contributed by atoms with Gasteiger partial charge in [-0.2, -0.15) is 4.99 Å². The van der Waals surface area contributed by atoms with Crippen LogP contribution in [0.5, 0.6) is 0 Å². The fourth-order valence-corrected chi connectivity index (χ4v) is 4.59. The zero-order valence-electron chi connectivity index (χ0n) is 19.7. The second-order valence-corrected chi connectivity index (χ2v) is 9.00. The van der Waals surface area contributed by atoms with Gasteiger partial charge in [-0.1, -0.05) is 36.2 Å². The lowest BCUT2D eigenvalue weighted by atomic mass is 9.79. The Morgan fingerprint density at radius 2 is 2.03 bits per heavy atom. The Labute approximate surface area is 203 Å². The number of aliphatic imine (C=N–C) groups is 1. The molecule has 0 unspecified atom stereocenters. The number of anilines is 1. The van der Waals surface area contributed by atoms with Crippen molar-refractivity contribution in [3.05, 3.63) is 59.3 Å². The van der Waals surface area contributed by atoms with Gasteiger partial charge in [0.25, 0.3) is 0 Å². The highest BCUT2D eigenvalue weighted by molar-refractivity contribution is 6.05. The van der Waals surface area contributed by atoms with Crippen LogP contribution in [0.1, 0.15) is 80.5 Å². The Morgan fingerprint density at radius 3 is 2.74 bits per heavy atom. The molecule has 2 aromatic rings. The van der Waals surface area contributed by atoms with Crippen molar-refractivity contribution in [2.45, 2.75) is 64.2 Å². The van der Waals surface area contributed by atoms with Crippen LogP contribution in [-0.2, 0) is 4.79 Å². The van der Waals surface area contributed by atoms with E-state index in [0.29, 0.717) is 31.4 Å². The number of benzene rings is 1. The average molecular weight is 481 g/mol. The van der Waals surface area contributed by atoms with Gasteiger partial charge in [0.2, 0.25) is 0 Å². The van der Waals surface area contributed by atoms with Gasteiger partial charge in [0.15, 0.2) is 0 Å². The molecule has 1 saturated carbocycles. The van der Waals surface area contributed by atoms with Crippen molar-refractivity contribution in [1.82, 2.24) is 10.2 Å². The van der Waals surface area contributed by atoms with Gasteiger partial charge in [0, 0.05) is 0 Å². The molecular formula is C26H29FN4O4. The lowest BCUT2D eigenvalue weighted by Gasteiger charge is -2.26. The molecule has 8 nitrogen and oxygen atoms in total. The van der Waals surface area contributed by atoms with Gasteiger partial charge >= 0.3 is 23.8 Å². The number of carboxylic acid groups (broad SMARTS) is 1. The lowest BCUT2D eigenvalue weighted by molar-refractivity contribution is -0.142. The third kappa shape index (κ3) is 6.29. The third-order valence-corrected chi connectivity index (χ3v) is 6.47. The van der Waals surface area contributed by atoms with Crippen LogP contribution < -0.4 is 5.32 Å². The molecule has 0 radical (unpaired) electrons. The average Bonchev–Trinajstić information content (AvgIpc) is 3.20. The number of hydrogen-bond donors (Lipinski definition) is 2. The number of carboxylic acids is 1. The summed E-state index contributed by atoms with van der Waals surface area (Å²) in [4.78, 5) is 28.0. The summed E-state index contributed by atoms with van der Waals surface area (Å²) in [5.41, 5.74) is 2.78. The van der Waals surface area contributed by atoms with Crippen LogP contribution in [0.4, 0.5) is 16.1 Å². The number of allylic oxidation sites excluding steroid dienone is 4. The molecule has 184 valence electrons. The van der Waals surface area contributed by atoms with Crippen LogP contribution in [0, 0.1) is 11.7 Å². The molecule has 0 bridgehead atoms. The number of carbonyl (C=O) groups excluding carboxylic acids is 1. The molecule has 2 aliphatic rings. The molecule has 0 aliphatic heterocycles. The molecule has 0 atom stereocenters. The predicted octanol–water partition coefficient (Wildman–Crippen LogP) is 5.97. The summed E-state index contributed by atoms with van der Waals surface area (Å²) in [6.45, 7) is 2.13. The number of aromatic nitrogens is 2. The van der Waals surface area contributed by atoms with Gasteiger partial charge in [-0.05, 0) is 80.7 Å². The third-order valence-electron chi connectivity index (χ3n) is 6.47. The fourth-order valence-electron chi connectivity index (χ4n) is 4.59. The van der Waals surface area contributed by atoms with Gasteiger partial charge in [-0.15, -0.1) is 5.10 Å². The molecule has 0 spiro atoms. The fraction of sp³-hybridized carbons (Fsp3) is 0.423. The number of amides is 1. The Kier molecular flexibility index (Phi) is 7.84. The lowest BCUT2D eigenvalue weighted by Crippen LogP contribution is -2.20. The molecule has 2 aliphatic carbocycles. The number of hydrogen-bond acceptors (Lipinski definition) is 6. The molecular weight excluding hydrogens is 451 g/mol. The molecule has 1 aromatic carbocycles. The number of nitrogens with one attached hydrogen (secondary N) is 1. The number of halogens is 1. The van der Waals surface area contributed by atoms with Crippen LogP contribution in [0.3, 0.4) is 0 Å². The minimum Gasteiger partial charge on any atom is -0.481 e. The summed E-state index contributed by atoms with van der Waals surface area (Å²) in [7, 11) is 0. The van der Waals surface area contributed by atoms with Crippen molar-refractivity contribution in [1.29, 1.82) is 0 Å². The summed E-state index contributed by atoms with van der Waals surface area (Å²) in [6.07, 6.45) is 12.4. The number of carbonyl (C=O) groups is 2. The van der Waals surface area contributed by atoms with E-state index in [1.165, 1.54) is 17.7 Å². The van der Waals surface area contributed by atoms with E-state index in [1.54, 1.807) is 6.07 Å². The largest absolute Gasteiger partial charge is 0.481 e. The summed E-state index contributed by atoms with van der Waals surface area (Å²) in [5.74, 6) is -2.61. The standard InChI is InChI=1S/C26H29FN4O4/c1-2-5-16-6-3-4-7-20(14-16)28-26-31-30-24(35-26)23(32)29-22-13-12-19(15-21(22)27)17-8-10-18(11-9-17)25(33)34/h4,7,12-15,17-18H,2-3,5-6,8-11H2,1H3,(H,29,32)(H,33,34). The predicted molar refractivity (Wildman–Crippen MR) is 129 cm³/mol. The van der Waals surface area contributed by atoms with Gasteiger partial charge in [0.05, 0.1) is 17.3 Å².